The first-order valence-corrected chi connectivity index (χ1v) is 7.69. The number of hydrogen-bond acceptors (Lipinski definition) is 2. The first-order chi connectivity index (χ1) is 10.7. The average molecular weight is 302 g/mol. The van der Waals surface area contributed by atoms with Crippen LogP contribution in [0.15, 0.2) is 36.5 Å². The third-order valence-electron chi connectivity index (χ3n) is 3.63. The van der Waals surface area contributed by atoms with Gasteiger partial charge in [0.25, 0.3) is 0 Å². The fourth-order valence-electron chi connectivity index (χ4n) is 2.47. The lowest BCUT2D eigenvalue weighted by atomic mass is 10.1. The van der Waals surface area contributed by atoms with Crippen LogP contribution in [0.25, 0.3) is 10.9 Å². The number of amides is 1. The number of para-hydroxylation sites is 1. The fraction of sp³-hybridized carbons (Fsp3) is 0.412. The Morgan fingerprint density at radius 1 is 1.05 bits per heavy atom. The summed E-state index contributed by atoms with van der Waals surface area (Å²) in [7, 11) is 0. The number of carbonyl (C=O) groups is 2. The van der Waals surface area contributed by atoms with E-state index in [1.807, 2.05) is 41.1 Å². The average Bonchev–Trinajstić information content (AvgIpc) is 2.89. The second kappa shape index (κ2) is 8.22. The summed E-state index contributed by atoms with van der Waals surface area (Å²) in [6.07, 6.45) is 5.59. The van der Waals surface area contributed by atoms with Gasteiger partial charge < -0.3 is 15.0 Å². The molecule has 22 heavy (non-hydrogen) atoms. The number of carboxylic acids is 1. The Hall–Kier alpha value is -2.30. The molecule has 0 aliphatic rings. The van der Waals surface area contributed by atoms with Crippen LogP contribution in [-0.2, 0) is 16.1 Å². The first-order valence-electron chi connectivity index (χ1n) is 7.69. The SMILES string of the molecule is O=C(O)CCCCCCNC(=O)Cn1ccc2ccccc21. The van der Waals surface area contributed by atoms with Crippen LogP contribution in [0.4, 0.5) is 0 Å². The van der Waals surface area contributed by atoms with E-state index in [0.717, 1.165) is 30.2 Å². The van der Waals surface area contributed by atoms with Gasteiger partial charge in [-0.15, -0.1) is 0 Å². The van der Waals surface area contributed by atoms with Crippen molar-refractivity contribution in [1.29, 1.82) is 0 Å². The minimum absolute atomic E-state index is 0.00638. The number of unbranched alkanes of at least 4 members (excludes halogenated alkanes) is 3. The number of benzene rings is 1. The van der Waals surface area contributed by atoms with E-state index >= 15 is 0 Å². The molecular formula is C17H22N2O3. The van der Waals surface area contributed by atoms with Crippen molar-refractivity contribution in [3.05, 3.63) is 36.5 Å². The third-order valence-corrected chi connectivity index (χ3v) is 3.63. The third kappa shape index (κ3) is 4.91. The summed E-state index contributed by atoms with van der Waals surface area (Å²) in [5, 5.41) is 12.6. The zero-order valence-corrected chi connectivity index (χ0v) is 12.6. The number of aliphatic carboxylic acids is 1. The minimum atomic E-state index is -0.743. The van der Waals surface area contributed by atoms with Crippen molar-refractivity contribution in [3.63, 3.8) is 0 Å². The maximum atomic E-state index is 11.9. The quantitative estimate of drug-likeness (QED) is 0.700. The summed E-state index contributed by atoms with van der Waals surface area (Å²) in [5.74, 6) is -0.737. The molecule has 0 spiro atoms. The van der Waals surface area contributed by atoms with E-state index < -0.39 is 5.97 Å². The summed E-state index contributed by atoms with van der Waals surface area (Å²) in [6, 6.07) is 9.99. The Balaban J connectivity index is 1.65. The summed E-state index contributed by atoms with van der Waals surface area (Å²) < 4.78 is 1.94. The van der Waals surface area contributed by atoms with E-state index in [9.17, 15) is 9.59 Å². The molecule has 0 radical (unpaired) electrons. The number of carbonyl (C=O) groups excluding carboxylic acids is 1. The molecule has 118 valence electrons. The van der Waals surface area contributed by atoms with Crippen LogP contribution >= 0.6 is 0 Å². The summed E-state index contributed by atoms with van der Waals surface area (Å²) in [6.45, 7) is 0.970. The van der Waals surface area contributed by atoms with Gasteiger partial charge in [-0.05, 0) is 30.4 Å². The van der Waals surface area contributed by atoms with E-state index in [-0.39, 0.29) is 12.3 Å². The molecule has 2 N–H and O–H groups in total. The van der Waals surface area contributed by atoms with Crippen LogP contribution in [-0.4, -0.2) is 28.1 Å². The van der Waals surface area contributed by atoms with E-state index in [4.69, 9.17) is 5.11 Å². The molecule has 0 aliphatic heterocycles. The largest absolute Gasteiger partial charge is 0.481 e. The molecule has 0 saturated heterocycles. The Kier molecular flexibility index (Phi) is 6.01. The number of hydrogen-bond donors (Lipinski definition) is 2. The van der Waals surface area contributed by atoms with Gasteiger partial charge in [0, 0.05) is 24.7 Å². The van der Waals surface area contributed by atoms with Crippen LogP contribution < -0.4 is 5.32 Å². The molecule has 0 aliphatic carbocycles. The second-order valence-corrected chi connectivity index (χ2v) is 5.41. The Morgan fingerprint density at radius 3 is 2.64 bits per heavy atom. The van der Waals surface area contributed by atoms with Crippen LogP contribution in [0.1, 0.15) is 32.1 Å². The molecule has 1 amide bonds. The molecule has 0 bridgehead atoms. The monoisotopic (exact) mass is 302 g/mol. The molecule has 5 nitrogen and oxygen atoms in total. The molecule has 5 heteroatoms. The van der Waals surface area contributed by atoms with Crippen LogP contribution in [0.2, 0.25) is 0 Å². The lowest BCUT2D eigenvalue weighted by Gasteiger charge is -2.07. The number of rotatable bonds is 9. The van der Waals surface area contributed by atoms with Gasteiger partial charge in [-0.25, -0.2) is 0 Å². The zero-order valence-electron chi connectivity index (χ0n) is 12.6. The summed E-state index contributed by atoms with van der Waals surface area (Å²) >= 11 is 0. The van der Waals surface area contributed by atoms with Crippen LogP contribution in [0, 0.1) is 0 Å². The van der Waals surface area contributed by atoms with Gasteiger partial charge in [0.05, 0.1) is 0 Å². The molecule has 1 heterocycles. The predicted octanol–water partition coefficient (Wildman–Crippen LogP) is 2.79. The van der Waals surface area contributed by atoms with Gasteiger partial charge in [0.15, 0.2) is 0 Å². The maximum Gasteiger partial charge on any atom is 0.303 e. The van der Waals surface area contributed by atoms with Crippen molar-refractivity contribution in [2.24, 2.45) is 0 Å². The van der Waals surface area contributed by atoms with Crippen molar-refractivity contribution < 1.29 is 14.7 Å². The van der Waals surface area contributed by atoms with Crippen LogP contribution in [0.5, 0.6) is 0 Å². The van der Waals surface area contributed by atoms with Gasteiger partial charge in [-0.1, -0.05) is 31.0 Å². The molecule has 0 saturated carbocycles. The summed E-state index contributed by atoms with van der Waals surface area (Å²) in [5.41, 5.74) is 1.06. The minimum Gasteiger partial charge on any atom is -0.481 e. The number of nitrogens with zero attached hydrogens (tertiary/aromatic N) is 1. The van der Waals surface area contributed by atoms with Gasteiger partial charge in [-0.2, -0.15) is 0 Å². The van der Waals surface area contributed by atoms with Crippen molar-refractivity contribution >= 4 is 22.8 Å². The topological polar surface area (TPSA) is 71.3 Å². The van der Waals surface area contributed by atoms with Crippen molar-refractivity contribution in [2.45, 2.75) is 38.6 Å². The van der Waals surface area contributed by atoms with Gasteiger partial charge >= 0.3 is 5.97 Å². The highest BCUT2D eigenvalue weighted by atomic mass is 16.4. The molecule has 2 aromatic rings. The van der Waals surface area contributed by atoms with E-state index in [2.05, 4.69) is 5.32 Å². The molecule has 2 rings (SSSR count). The molecule has 0 atom stereocenters. The highest BCUT2D eigenvalue weighted by Gasteiger charge is 2.05. The second-order valence-electron chi connectivity index (χ2n) is 5.41. The van der Waals surface area contributed by atoms with E-state index in [1.165, 1.54) is 0 Å². The molecular weight excluding hydrogens is 280 g/mol. The smallest absolute Gasteiger partial charge is 0.303 e. The number of carboxylic acid groups (broad SMARTS) is 1. The van der Waals surface area contributed by atoms with Crippen LogP contribution in [0.3, 0.4) is 0 Å². The van der Waals surface area contributed by atoms with E-state index in [0.29, 0.717) is 19.5 Å². The Labute approximate surface area is 129 Å². The zero-order chi connectivity index (χ0) is 15.8. The van der Waals surface area contributed by atoms with Gasteiger partial charge in [-0.3, -0.25) is 9.59 Å². The number of nitrogens with one attached hydrogen (secondary N) is 1. The highest BCUT2D eigenvalue weighted by molar-refractivity contribution is 5.83. The lowest BCUT2D eigenvalue weighted by Crippen LogP contribution is -2.28. The van der Waals surface area contributed by atoms with Gasteiger partial charge in [0.2, 0.25) is 5.91 Å². The molecule has 1 aromatic carbocycles. The van der Waals surface area contributed by atoms with Gasteiger partial charge in [0.1, 0.15) is 6.54 Å². The normalized spacial score (nSPS) is 10.7. The predicted molar refractivity (Wildman–Crippen MR) is 85.7 cm³/mol. The standard InChI is InChI=1S/C17H22N2O3/c20-16(18-11-6-2-1-3-9-17(21)22)13-19-12-10-14-7-4-5-8-15(14)19/h4-5,7-8,10,12H,1-3,6,9,11,13H2,(H,18,20)(H,21,22). The van der Waals surface area contributed by atoms with Crippen molar-refractivity contribution in [2.75, 3.05) is 6.54 Å². The molecule has 0 unspecified atom stereocenters. The number of fused-ring (bicyclic) bond motifs is 1. The Bertz CT molecular complexity index is 634. The lowest BCUT2D eigenvalue weighted by molar-refractivity contribution is -0.137. The molecule has 0 fully saturated rings. The Morgan fingerprint density at radius 2 is 1.82 bits per heavy atom. The van der Waals surface area contributed by atoms with E-state index in [1.54, 1.807) is 0 Å². The fourth-order valence-corrected chi connectivity index (χ4v) is 2.47. The molecule has 1 aromatic heterocycles. The maximum absolute atomic E-state index is 11.9. The highest BCUT2D eigenvalue weighted by Crippen LogP contribution is 2.14. The van der Waals surface area contributed by atoms with Crippen molar-refractivity contribution in [1.82, 2.24) is 9.88 Å². The first kappa shape index (κ1) is 16.1. The summed E-state index contributed by atoms with van der Waals surface area (Å²) in [4.78, 5) is 22.3. The van der Waals surface area contributed by atoms with Crippen molar-refractivity contribution in [3.8, 4) is 0 Å². The number of aromatic nitrogens is 1.